The molecular formula is C42H51N5O8. The van der Waals surface area contributed by atoms with E-state index in [0.717, 1.165) is 62.0 Å². The summed E-state index contributed by atoms with van der Waals surface area (Å²) < 4.78 is 28.9. The Labute approximate surface area is 322 Å². The number of benzene rings is 3. The maximum atomic E-state index is 13.9. The van der Waals surface area contributed by atoms with E-state index in [1.165, 1.54) is 0 Å². The molecule has 0 unspecified atom stereocenters. The van der Waals surface area contributed by atoms with Gasteiger partial charge in [-0.15, -0.1) is 0 Å². The Bertz CT molecular complexity index is 1960. The van der Waals surface area contributed by atoms with Crippen LogP contribution in [0.1, 0.15) is 85.6 Å². The number of unbranched alkanes of at least 4 members (excludes halogenated alkanes) is 2. The minimum absolute atomic E-state index is 0.0450. The van der Waals surface area contributed by atoms with Gasteiger partial charge in [0.2, 0.25) is 0 Å². The number of rotatable bonds is 12. The standard InChI is InChI=1S/C42H51N5O8/c1-42(2,3)55-41(50)45-28-13-11-26(12-14-28)27-18-30-24-44-34-22-38(36(52-5)20-32(34)40(49)47(30)25-27)54-17-8-6-7-16-53-37-21-33-31(19-35(37)51-4)39(48)46-15-9-10-29(46)23-43-33/h11-14,19-22,25,29-30,43-44H,6-10,15-18,23-24H2,1-5H3,(H,45,50)/t29-,30-/m0/s1. The zero-order chi connectivity index (χ0) is 38.7. The smallest absolute Gasteiger partial charge is 0.412 e. The lowest BCUT2D eigenvalue weighted by Gasteiger charge is -2.21. The van der Waals surface area contributed by atoms with Gasteiger partial charge in [0.25, 0.3) is 11.8 Å². The maximum Gasteiger partial charge on any atom is 0.412 e. The second-order valence-electron chi connectivity index (χ2n) is 15.3. The molecule has 3 N–H and O–H groups in total. The van der Waals surface area contributed by atoms with E-state index in [1.807, 2.05) is 68.3 Å². The van der Waals surface area contributed by atoms with Crippen molar-refractivity contribution in [1.82, 2.24) is 9.80 Å². The normalized spacial score (nSPS) is 18.7. The van der Waals surface area contributed by atoms with E-state index in [9.17, 15) is 14.4 Å². The van der Waals surface area contributed by atoms with E-state index in [-0.39, 0.29) is 23.9 Å². The maximum absolute atomic E-state index is 13.9. The topological polar surface area (TPSA) is 140 Å². The Morgan fingerprint density at radius 2 is 1.40 bits per heavy atom. The van der Waals surface area contributed by atoms with Crippen molar-refractivity contribution in [2.45, 2.75) is 77.0 Å². The van der Waals surface area contributed by atoms with Crippen molar-refractivity contribution in [3.63, 3.8) is 0 Å². The van der Waals surface area contributed by atoms with Gasteiger partial charge in [-0.1, -0.05) is 12.1 Å². The lowest BCUT2D eigenvalue weighted by molar-refractivity contribution is 0.0634. The zero-order valence-electron chi connectivity index (χ0n) is 32.3. The molecule has 0 bridgehead atoms. The number of methoxy groups -OCH3 is 2. The van der Waals surface area contributed by atoms with E-state index in [1.54, 1.807) is 31.3 Å². The van der Waals surface area contributed by atoms with Crippen molar-refractivity contribution in [2.75, 3.05) is 63.0 Å². The fourth-order valence-electron chi connectivity index (χ4n) is 7.58. The highest BCUT2D eigenvalue weighted by Crippen LogP contribution is 2.40. The van der Waals surface area contributed by atoms with Crippen LogP contribution in [0.4, 0.5) is 21.9 Å². The van der Waals surface area contributed by atoms with Crippen LogP contribution in [0.5, 0.6) is 23.0 Å². The summed E-state index contributed by atoms with van der Waals surface area (Å²) in [5.41, 5.74) is 4.71. The minimum Gasteiger partial charge on any atom is -0.493 e. The highest BCUT2D eigenvalue weighted by atomic mass is 16.6. The second-order valence-corrected chi connectivity index (χ2v) is 15.3. The van der Waals surface area contributed by atoms with E-state index < -0.39 is 11.7 Å². The zero-order valence-corrected chi connectivity index (χ0v) is 32.3. The molecule has 7 rings (SSSR count). The average molecular weight is 754 g/mol. The molecule has 3 amide bonds. The molecule has 13 heteroatoms. The number of ether oxygens (including phenoxy) is 5. The van der Waals surface area contributed by atoms with E-state index >= 15 is 0 Å². The molecule has 0 spiro atoms. The first-order valence-corrected chi connectivity index (χ1v) is 19.1. The molecule has 13 nitrogen and oxygen atoms in total. The molecule has 4 heterocycles. The molecule has 1 saturated heterocycles. The summed E-state index contributed by atoms with van der Waals surface area (Å²) in [6, 6.07) is 15.0. The van der Waals surface area contributed by atoms with Gasteiger partial charge in [0.1, 0.15) is 5.60 Å². The molecule has 0 aromatic heterocycles. The van der Waals surface area contributed by atoms with Crippen molar-refractivity contribution in [3.8, 4) is 23.0 Å². The van der Waals surface area contributed by atoms with Crippen LogP contribution in [0.2, 0.25) is 0 Å². The van der Waals surface area contributed by atoms with Crippen LogP contribution in [-0.2, 0) is 4.74 Å². The lowest BCUT2D eigenvalue weighted by Crippen LogP contribution is -2.36. The van der Waals surface area contributed by atoms with Gasteiger partial charge in [0, 0.05) is 49.7 Å². The molecule has 3 aromatic rings. The molecule has 4 aliphatic rings. The van der Waals surface area contributed by atoms with Gasteiger partial charge in [-0.05, 0) is 94.7 Å². The number of anilines is 3. The number of hydrogen-bond donors (Lipinski definition) is 3. The quantitative estimate of drug-likeness (QED) is 0.161. The molecule has 292 valence electrons. The first kappa shape index (κ1) is 37.7. The molecule has 1 fully saturated rings. The molecule has 4 aliphatic heterocycles. The van der Waals surface area contributed by atoms with Gasteiger partial charge in [-0.25, -0.2) is 4.79 Å². The molecule has 3 aromatic carbocycles. The van der Waals surface area contributed by atoms with E-state index in [2.05, 4.69) is 16.0 Å². The number of carbonyl (C=O) groups excluding carboxylic acids is 3. The van der Waals surface area contributed by atoms with Crippen LogP contribution in [-0.4, -0.2) is 92.5 Å². The fraction of sp³-hybridized carbons (Fsp3) is 0.452. The van der Waals surface area contributed by atoms with Gasteiger partial charge >= 0.3 is 6.09 Å². The predicted octanol–water partition coefficient (Wildman–Crippen LogP) is 7.39. The molecule has 0 saturated carbocycles. The Morgan fingerprint density at radius 1 is 0.800 bits per heavy atom. The summed E-state index contributed by atoms with van der Waals surface area (Å²) in [6.45, 7) is 8.53. The number of carbonyl (C=O) groups is 3. The SMILES string of the molecule is COc1cc2c(cc1OCCCCCOc1cc3c(cc1OC)C(=O)N1CCC[C@H]1CN3)NC[C@@H]1CC(c3ccc(NC(=O)OC(C)(C)C)cc3)=CN1C2=O. The van der Waals surface area contributed by atoms with Crippen LogP contribution in [0.15, 0.2) is 54.7 Å². The monoisotopic (exact) mass is 753 g/mol. The average Bonchev–Trinajstić information content (AvgIpc) is 3.77. The fourth-order valence-corrected chi connectivity index (χ4v) is 7.58. The van der Waals surface area contributed by atoms with Crippen molar-refractivity contribution >= 4 is 40.5 Å². The third-order valence-corrected chi connectivity index (χ3v) is 10.3. The Morgan fingerprint density at radius 3 is 2.00 bits per heavy atom. The minimum atomic E-state index is -0.585. The Kier molecular flexibility index (Phi) is 11.0. The molecule has 2 atom stereocenters. The summed E-state index contributed by atoms with van der Waals surface area (Å²) in [5, 5.41) is 9.68. The third kappa shape index (κ3) is 8.40. The number of amides is 3. The summed E-state index contributed by atoms with van der Waals surface area (Å²) in [7, 11) is 3.17. The molecule has 0 aliphatic carbocycles. The molecule has 0 radical (unpaired) electrons. The second kappa shape index (κ2) is 16.0. The summed E-state index contributed by atoms with van der Waals surface area (Å²) in [6.07, 6.45) is 6.63. The third-order valence-electron chi connectivity index (χ3n) is 10.3. The van der Waals surface area contributed by atoms with Crippen LogP contribution < -0.4 is 34.9 Å². The van der Waals surface area contributed by atoms with Crippen LogP contribution >= 0.6 is 0 Å². The lowest BCUT2D eigenvalue weighted by atomic mass is 10.0. The number of nitrogens with one attached hydrogen (secondary N) is 3. The number of hydrogen-bond acceptors (Lipinski definition) is 10. The summed E-state index contributed by atoms with van der Waals surface area (Å²) in [5.74, 6) is 2.18. The number of fused-ring (bicyclic) bond motifs is 4. The largest absolute Gasteiger partial charge is 0.493 e. The van der Waals surface area contributed by atoms with Crippen molar-refractivity contribution in [1.29, 1.82) is 0 Å². The Hall–Kier alpha value is -5.59. The van der Waals surface area contributed by atoms with E-state index in [0.29, 0.717) is 71.7 Å². The summed E-state index contributed by atoms with van der Waals surface area (Å²) in [4.78, 5) is 43.0. The van der Waals surface area contributed by atoms with E-state index in [4.69, 9.17) is 23.7 Å². The first-order chi connectivity index (χ1) is 26.5. The first-order valence-electron chi connectivity index (χ1n) is 19.1. The van der Waals surface area contributed by atoms with Crippen LogP contribution in [0, 0.1) is 0 Å². The van der Waals surface area contributed by atoms with Crippen molar-refractivity contribution < 1.29 is 38.1 Å². The van der Waals surface area contributed by atoms with Gasteiger partial charge in [-0.2, -0.15) is 0 Å². The van der Waals surface area contributed by atoms with Crippen LogP contribution in [0.3, 0.4) is 0 Å². The highest BCUT2D eigenvalue weighted by Gasteiger charge is 2.36. The van der Waals surface area contributed by atoms with Crippen molar-refractivity contribution in [3.05, 3.63) is 71.4 Å². The molecular weight excluding hydrogens is 702 g/mol. The predicted molar refractivity (Wildman–Crippen MR) is 211 cm³/mol. The van der Waals surface area contributed by atoms with Gasteiger partial charge in [0.05, 0.1) is 56.0 Å². The summed E-state index contributed by atoms with van der Waals surface area (Å²) >= 11 is 0. The van der Waals surface area contributed by atoms with Crippen molar-refractivity contribution in [2.24, 2.45) is 0 Å². The van der Waals surface area contributed by atoms with Crippen LogP contribution in [0.25, 0.3) is 5.57 Å². The van der Waals surface area contributed by atoms with Gasteiger partial charge in [-0.3, -0.25) is 14.9 Å². The Balaban J connectivity index is 0.909. The number of nitrogens with zero attached hydrogens (tertiary/aromatic N) is 2. The van der Waals surface area contributed by atoms with Gasteiger partial charge < -0.3 is 44.1 Å². The highest BCUT2D eigenvalue weighted by molar-refractivity contribution is 6.03. The molecule has 55 heavy (non-hydrogen) atoms. The van der Waals surface area contributed by atoms with Gasteiger partial charge in [0.15, 0.2) is 23.0 Å².